The van der Waals surface area contributed by atoms with Gasteiger partial charge >= 0.3 is 0 Å². The minimum Gasteiger partial charge on any atom is -0.543 e. The molecular formula is C15H21OSSi+. The van der Waals surface area contributed by atoms with Gasteiger partial charge in [0.05, 0.1) is 5.39 Å². The van der Waals surface area contributed by atoms with Gasteiger partial charge in [-0.25, -0.2) is 0 Å². The second-order valence-corrected chi connectivity index (χ2v) is 11.8. The zero-order valence-corrected chi connectivity index (χ0v) is 13.6. The average molecular weight is 277 g/mol. The molecule has 0 fully saturated rings. The Balaban J connectivity index is 2.44. The van der Waals surface area contributed by atoms with Crippen LogP contribution in [0.15, 0.2) is 35.7 Å². The minimum atomic E-state index is -1.76. The Hall–Kier alpha value is -0.933. The van der Waals surface area contributed by atoms with E-state index in [4.69, 9.17) is 4.43 Å². The molecule has 0 N–H and O–H groups in total. The molecule has 0 radical (unpaired) electrons. The van der Waals surface area contributed by atoms with Crippen LogP contribution in [-0.2, 0) is 0 Å². The number of hydrogen-bond donors (Lipinski definition) is 0. The van der Waals surface area contributed by atoms with Crippen molar-refractivity contribution < 1.29 is 4.43 Å². The van der Waals surface area contributed by atoms with Crippen LogP contribution in [0.25, 0.3) is 10.1 Å². The number of fused-ring (bicyclic) bond motifs is 1. The van der Waals surface area contributed by atoms with E-state index in [0.29, 0.717) is 0 Å². The maximum atomic E-state index is 6.43. The van der Waals surface area contributed by atoms with Crippen molar-refractivity contribution in [2.75, 3.05) is 0 Å². The Morgan fingerprint density at radius 1 is 1.06 bits per heavy atom. The molecule has 0 aliphatic heterocycles. The first kappa shape index (κ1) is 13.5. The van der Waals surface area contributed by atoms with Crippen molar-refractivity contribution in [2.24, 2.45) is 0 Å². The van der Waals surface area contributed by atoms with Crippen molar-refractivity contribution in [3.8, 4) is 5.75 Å². The number of hydrogen-bond acceptors (Lipinski definition) is 1. The average Bonchev–Trinajstić information content (AvgIpc) is 2.27. The summed E-state index contributed by atoms with van der Waals surface area (Å²) in [6, 6.07) is 10.6. The molecule has 0 atom stereocenters. The number of rotatable bonds is 2. The summed E-state index contributed by atoms with van der Waals surface area (Å²) in [5.74, 6) is 1.04. The molecule has 1 heterocycles. The van der Waals surface area contributed by atoms with Crippen LogP contribution in [0.3, 0.4) is 0 Å². The Kier molecular flexibility index (Phi) is 3.47. The predicted molar refractivity (Wildman–Crippen MR) is 84.1 cm³/mol. The van der Waals surface area contributed by atoms with Crippen LogP contribution in [-0.4, -0.2) is 8.32 Å². The van der Waals surface area contributed by atoms with Crippen molar-refractivity contribution in [3.63, 3.8) is 0 Å². The van der Waals surface area contributed by atoms with Crippen molar-refractivity contribution in [1.82, 2.24) is 0 Å². The molecule has 0 spiro atoms. The van der Waals surface area contributed by atoms with Gasteiger partial charge in [-0.05, 0) is 24.2 Å². The Morgan fingerprint density at radius 2 is 1.72 bits per heavy atom. The molecule has 1 aromatic carbocycles. The van der Waals surface area contributed by atoms with Crippen LogP contribution < -0.4 is 4.43 Å². The molecule has 18 heavy (non-hydrogen) atoms. The van der Waals surface area contributed by atoms with E-state index in [0.717, 1.165) is 5.75 Å². The van der Waals surface area contributed by atoms with E-state index in [2.05, 4.69) is 69.6 Å². The highest BCUT2D eigenvalue weighted by molar-refractivity contribution is 7.16. The molecule has 0 aliphatic rings. The fourth-order valence-corrected chi connectivity index (χ4v) is 3.37. The van der Waals surface area contributed by atoms with E-state index < -0.39 is 8.32 Å². The van der Waals surface area contributed by atoms with E-state index >= 15 is 0 Å². The van der Waals surface area contributed by atoms with Crippen molar-refractivity contribution >= 4 is 29.7 Å². The molecular weight excluding hydrogens is 256 g/mol. The summed E-state index contributed by atoms with van der Waals surface area (Å²) in [5.41, 5.74) is 0. The fraction of sp³-hybridized carbons (Fsp3) is 0.400. The molecule has 0 bridgehead atoms. The van der Waals surface area contributed by atoms with Gasteiger partial charge in [-0.15, -0.1) is 0 Å². The lowest BCUT2D eigenvalue weighted by atomic mass is 10.2. The summed E-state index contributed by atoms with van der Waals surface area (Å²) in [7, 11) is -1.76. The third kappa shape index (κ3) is 2.57. The van der Waals surface area contributed by atoms with Gasteiger partial charge in [-0.1, -0.05) is 32.9 Å². The molecule has 96 valence electrons. The summed E-state index contributed by atoms with van der Waals surface area (Å²) in [5, 5.41) is 3.58. The summed E-state index contributed by atoms with van der Waals surface area (Å²) < 4.78 is 7.71. The normalized spacial score (nSPS) is 12.7. The first-order valence-electron chi connectivity index (χ1n) is 6.30. The van der Waals surface area contributed by atoms with Gasteiger partial charge in [-0.3, -0.25) is 0 Å². The summed E-state index contributed by atoms with van der Waals surface area (Å²) >= 11 is 1.76. The Bertz CT molecular complexity index is 552. The lowest BCUT2D eigenvalue weighted by molar-refractivity contribution is 0.497. The van der Waals surface area contributed by atoms with Crippen LogP contribution in [0.4, 0.5) is 0 Å². The van der Waals surface area contributed by atoms with Crippen molar-refractivity contribution in [2.45, 2.75) is 38.9 Å². The maximum absolute atomic E-state index is 6.43. The smallest absolute Gasteiger partial charge is 0.250 e. The topological polar surface area (TPSA) is 9.23 Å². The second kappa shape index (κ2) is 4.63. The van der Waals surface area contributed by atoms with Crippen LogP contribution in [0, 0.1) is 0 Å². The van der Waals surface area contributed by atoms with Gasteiger partial charge < -0.3 is 4.43 Å². The SMILES string of the molecule is CC(C)(C)[Si](C)(C)Oc1cc[s+]c2ccccc12. The fourth-order valence-electron chi connectivity index (χ4n) is 1.55. The largest absolute Gasteiger partial charge is 0.543 e. The van der Waals surface area contributed by atoms with E-state index in [9.17, 15) is 0 Å². The second-order valence-electron chi connectivity index (χ2n) is 6.14. The van der Waals surface area contributed by atoms with Gasteiger partial charge in [0.2, 0.25) is 16.0 Å². The molecule has 0 saturated carbocycles. The maximum Gasteiger partial charge on any atom is 0.250 e. The monoisotopic (exact) mass is 277 g/mol. The van der Waals surface area contributed by atoms with Gasteiger partial charge in [0.15, 0.2) is 5.38 Å². The van der Waals surface area contributed by atoms with Crippen LogP contribution >= 0.6 is 11.3 Å². The summed E-state index contributed by atoms with van der Waals surface area (Å²) in [6.45, 7) is 11.4. The molecule has 0 aliphatic carbocycles. The Morgan fingerprint density at radius 3 is 2.39 bits per heavy atom. The molecule has 0 unspecified atom stereocenters. The van der Waals surface area contributed by atoms with Gasteiger partial charge in [0.1, 0.15) is 5.75 Å². The van der Waals surface area contributed by atoms with E-state index in [1.807, 2.05) is 0 Å². The standard InChI is InChI=1S/C15H21OSSi/c1-15(2,3)18(4,5)16-13-10-11-17-14-9-7-6-8-12(13)14/h6-11H,1-5H3/q+1. The van der Waals surface area contributed by atoms with E-state index in [1.165, 1.54) is 10.1 Å². The van der Waals surface area contributed by atoms with E-state index in [-0.39, 0.29) is 5.04 Å². The minimum absolute atomic E-state index is 0.230. The molecule has 1 nitrogen and oxygen atoms in total. The highest BCUT2D eigenvalue weighted by Crippen LogP contribution is 2.39. The summed E-state index contributed by atoms with van der Waals surface area (Å²) in [4.78, 5) is 0. The van der Waals surface area contributed by atoms with E-state index in [1.54, 1.807) is 11.3 Å². The highest BCUT2D eigenvalue weighted by Gasteiger charge is 2.39. The number of benzene rings is 1. The van der Waals surface area contributed by atoms with Crippen molar-refractivity contribution in [3.05, 3.63) is 35.7 Å². The third-order valence-electron chi connectivity index (χ3n) is 3.74. The summed E-state index contributed by atoms with van der Waals surface area (Å²) in [6.07, 6.45) is 0. The zero-order valence-electron chi connectivity index (χ0n) is 11.8. The molecule has 1 aromatic heterocycles. The molecule has 0 amide bonds. The third-order valence-corrected chi connectivity index (χ3v) is 8.96. The molecule has 2 rings (SSSR count). The first-order chi connectivity index (χ1) is 8.31. The lowest BCUT2D eigenvalue weighted by Gasteiger charge is -2.36. The van der Waals surface area contributed by atoms with Gasteiger partial charge in [0.25, 0.3) is 8.32 Å². The molecule has 3 heteroatoms. The zero-order chi connectivity index (χ0) is 13.4. The lowest BCUT2D eigenvalue weighted by Crippen LogP contribution is -2.43. The van der Waals surface area contributed by atoms with Crippen molar-refractivity contribution in [1.29, 1.82) is 0 Å². The highest BCUT2D eigenvalue weighted by atomic mass is 32.1. The van der Waals surface area contributed by atoms with Gasteiger partial charge in [0, 0.05) is 12.1 Å². The molecule has 0 saturated heterocycles. The quantitative estimate of drug-likeness (QED) is 0.515. The Labute approximate surface area is 115 Å². The van der Waals surface area contributed by atoms with Crippen LogP contribution in [0.1, 0.15) is 20.8 Å². The van der Waals surface area contributed by atoms with Gasteiger partial charge in [-0.2, -0.15) is 0 Å². The first-order valence-corrected chi connectivity index (χ1v) is 10.1. The molecule has 2 aromatic rings. The van der Waals surface area contributed by atoms with Crippen LogP contribution in [0.5, 0.6) is 5.75 Å². The predicted octanol–water partition coefficient (Wildman–Crippen LogP) is 5.57. The van der Waals surface area contributed by atoms with Crippen LogP contribution in [0.2, 0.25) is 18.1 Å².